The van der Waals surface area contributed by atoms with Gasteiger partial charge in [0, 0.05) is 68.1 Å². The summed E-state index contributed by atoms with van der Waals surface area (Å²) in [5.41, 5.74) is 8.20. The number of ether oxygens (including phenoxy) is 1. The minimum absolute atomic E-state index is 0.0983. The van der Waals surface area contributed by atoms with Gasteiger partial charge in [-0.15, -0.1) is 0 Å². The van der Waals surface area contributed by atoms with Crippen LogP contribution in [0.25, 0.3) is 5.57 Å². The number of hydrogen-bond acceptors (Lipinski definition) is 7. The topological polar surface area (TPSA) is 97.2 Å². The Morgan fingerprint density at radius 3 is 2.45 bits per heavy atom. The molecule has 0 saturated carbocycles. The van der Waals surface area contributed by atoms with E-state index in [9.17, 15) is 14.5 Å². The average molecular weight is 434 g/mol. The van der Waals surface area contributed by atoms with Crippen molar-refractivity contribution in [3.05, 3.63) is 34.0 Å². The van der Waals surface area contributed by atoms with Gasteiger partial charge in [0.05, 0.1) is 12.0 Å². The number of nitrogens with zero attached hydrogens (tertiary/aromatic N) is 4. The van der Waals surface area contributed by atoms with Crippen LogP contribution in [0.15, 0.2) is 23.3 Å². The van der Waals surface area contributed by atoms with Gasteiger partial charge in [-0.3, -0.25) is 15.1 Å². The molecule has 3 rings (SSSR count). The molecule has 0 unspecified atom stereocenters. The molecule has 0 aliphatic carbocycles. The first kappa shape index (κ1) is 23.0. The zero-order chi connectivity index (χ0) is 22.4. The van der Waals surface area contributed by atoms with Gasteiger partial charge in [0.1, 0.15) is 6.67 Å². The summed E-state index contributed by atoms with van der Waals surface area (Å²) in [7, 11) is 3.08. The van der Waals surface area contributed by atoms with Crippen LogP contribution in [-0.4, -0.2) is 69.6 Å². The Labute approximate surface area is 182 Å². The van der Waals surface area contributed by atoms with Gasteiger partial charge in [-0.2, -0.15) is 0 Å². The van der Waals surface area contributed by atoms with E-state index in [-0.39, 0.29) is 18.1 Å². The number of nitrogens with two attached hydrogens (primary N) is 1. The van der Waals surface area contributed by atoms with E-state index in [0.29, 0.717) is 23.1 Å². The summed E-state index contributed by atoms with van der Waals surface area (Å²) in [5.74, 6) is 0.230. The molecule has 0 aromatic heterocycles. The first-order valence-electron chi connectivity index (χ1n) is 10.7. The third-order valence-electron chi connectivity index (χ3n) is 6.73. The molecule has 31 heavy (non-hydrogen) atoms. The summed E-state index contributed by atoms with van der Waals surface area (Å²) in [4.78, 5) is 19.6. The number of benzene rings is 1. The standard InChI is InChI=1S/C22H32FN5O3/c1-25-16-17(15-24)18-13-20(28(29)30)21(31-2)14-19(18)27-10-5-22(6-11-27)3-8-26(9-4-22)12-7-23/h13-16H,3-12,24H2,1-2H3. The van der Waals surface area contributed by atoms with Gasteiger partial charge in [0.2, 0.25) is 0 Å². The molecule has 9 heteroatoms. The van der Waals surface area contributed by atoms with Crippen LogP contribution in [0.3, 0.4) is 0 Å². The number of nitro groups is 1. The van der Waals surface area contributed by atoms with E-state index >= 15 is 0 Å². The summed E-state index contributed by atoms with van der Waals surface area (Å²) >= 11 is 0. The molecule has 1 aromatic carbocycles. The van der Waals surface area contributed by atoms with Crippen molar-refractivity contribution in [2.24, 2.45) is 16.1 Å². The highest BCUT2D eigenvalue weighted by molar-refractivity contribution is 6.12. The van der Waals surface area contributed by atoms with Gasteiger partial charge < -0.3 is 20.3 Å². The highest BCUT2D eigenvalue weighted by Crippen LogP contribution is 2.44. The number of allylic oxidation sites excluding steroid dienone is 1. The lowest BCUT2D eigenvalue weighted by Gasteiger charge is -2.47. The van der Waals surface area contributed by atoms with Crippen molar-refractivity contribution in [3.63, 3.8) is 0 Å². The molecule has 2 aliphatic rings. The largest absolute Gasteiger partial charge is 0.490 e. The summed E-state index contributed by atoms with van der Waals surface area (Å²) in [5, 5.41) is 11.6. The fourth-order valence-electron chi connectivity index (χ4n) is 4.79. The molecule has 2 N–H and O–H groups in total. The van der Waals surface area contributed by atoms with Crippen LogP contribution in [-0.2, 0) is 0 Å². The second-order valence-corrected chi connectivity index (χ2v) is 8.33. The molecule has 0 amide bonds. The molecule has 1 aromatic rings. The van der Waals surface area contributed by atoms with E-state index < -0.39 is 4.92 Å². The predicted octanol–water partition coefficient (Wildman–Crippen LogP) is 3.26. The van der Waals surface area contributed by atoms with Crippen LogP contribution >= 0.6 is 0 Å². The van der Waals surface area contributed by atoms with Crippen LogP contribution < -0.4 is 15.4 Å². The minimum atomic E-state index is -0.445. The van der Waals surface area contributed by atoms with Gasteiger partial charge >= 0.3 is 5.69 Å². The molecular formula is C22H32FN5O3. The second-order valence-electron chi connectivity index (χ2n) is 8.33. The molecule has 1 spiro atoms. The summed E-state index contributed by atoms with van der Waals surface area (Å²) in [6.07, 6.45) is 7.30. The summed E-state index contributed by atoms with van der Waals surface area (Å²) < 4.78 is 18.0. The Morgan fingerprint density at radius 1 is 1.29 bits per heavy atom. The number of piperidine rings is 2. The second kappa shape index (κ2) is 10.1. The van der Waals surface area contributed by atoms with Crippen LogP contribution in [0, 0.1) is 15.5 Å². The molecule has 0 bridgehead atoms. The Hall–Kier alpha value is -2.68. The van der Waals surface area contributed by atoms with E-state index in [1.807, 2.05) is 0 Å². The number of rotatable bonds is 7. The number of likely N-dealkylation sites (tertiary alicyclic amines) is 1. The number of alkyl halides is 1. The quantitative estimate of drug-likeness (QED) is 0.403. The number of methoxy groups -OCH3 is 1. The van der Waals surface area contributed by atoms with Crippen molar-refractivity contribution >= 4 is 23.2 Å². The van der Waals surface area contributed by atoms with E-state index in [2.05, 4.69) is 14.8 Å². The van der Waals surface area contributed by atoms with E-state index in [4.69, 9.17) is 10.5 Å². The Bertz CT molecular complexity index is 840. The maximum Gasteiger partial charge on any atom is 0.311 e. The number of nitro benzene ring substituents is 1. The zero-order valence-corrected chi connectivity index (χ0v) is 18.3. The molecular weight excluding hydrogens is 401 g/mol. The maximum atomic E-state index is 12.7. The summed E-state index contributed by atoms with van der Waals surface area (Å²) in [6, 6.07) is 3.26. The molecule has 2 fully saturated rings. The Morgan fingerprint density at radius 2 is 1.94 bits per heavy atom. The van der Waals surface area contributed by atoms with Gasteiger partial charge in [0.25, 0.3) is 0 Å². The van der Waals surface area contributed by atoms with Crippen LogP contribution in [0.5, 0.6) is 5.75 Å². The highest BCUT2D eigenvalue weighted by Gasteiger charge is 2.38. The fraction of sp³-hybridized carbons (Fsp3) is 0.591. The maximum absolute atomic E-state index is 12.7. The average Bonchev–Trinajstić information content (AvgIpc) is 2.79. The normalized spacial score (nSPS) is 19.8. The minimum Gasteiger partial charge on any atom is -0.490 e. The van der Waals surface area contributed by atoms with Crippen LogP contribution in [0.4, 0.5) is 15.8 Å². The van der Waals surface area contributed by atoms with E-state index in [1.165, 1.54) is 19.4 Å². The van der Waals surface area contributed by atoms with E-state index in [1.54, 1.807) is 19.3 Å². The Balaban J connectivity index is 1.86. The van der Waals surface area contributed by atoms with Crippen molar-refractivity contribution in [1.82, 2.24) is 4.90 Å². The van der Waals surface area contributed by atoms with Gasteiger partial charge in [-0.25, -0.2) is 4.39 Å². The van der Waals surface area contributed by atoms with Crippen molar-refractivity contribution < 1.29 is 14.1 Å². The monoisotopic (exact) mass is 433 g/mol. The number of hydrogen-bond donors (Lipinski definition) is 1. The predicted molar refractivity (Wildman–Crippen MR) is 122 cm³/mol. The molecule has 170 valence electrons. The lowest BCUT2D eigenvalue weighted by atomic mass is 9.71. The smallest absolute Gasteiger partial charge is 0.311 e. The molecule has 0 atom stereocenters. The molecule has 0 radical (unpaired) electrons. The number of aliphatic imine (C=N–C) groups is 1. The van der Waals surface area contributed by atoms with E-state index in [0.717, 1.165) is 57.5 Å². The van der Waals surface area contributed by atoms with Gasteiger partial charge in [-0.05, 0) is 44.2 Å². The molecule has 8 nitrogen and oxygen atoms in total. The number of halogens is 1. The lowest BCUT2D eigenvalue weighted by molar-refractivity contribution is -0.385. The molecule has 2 saturated heterocycles. The first-order valence-corrected chi connectivity index (χ1v) is 10.7. The van der Waals surface area contributed by atoms with Crippen molar-refractivity contribution in [2.75, 3.05) is 58.5 Å². The molecule has 2 heterocycles. The third-order valence-corrected chi connectivity index (χ3v) is 6.73. The Kier molecular flexibility index (Phi) is 7.48. The van der Waals surface area contributed by atoms with Crippen molar-refractivity contribution in [2.45, 2.75) is 25.7 Å². The highest BCUT2D eigenvalue weighted by atomic mass is 19.1. The van der Waals surface area contributed by atoms with Gasteiger partial charge in [0.15, 0.2) is 5.75 Å². The zero-order valence-electron chi connectivity index (χ0n) is 18.3. The van der Waals surface area contributed by atoms with Crippen LogP contribution in [0.2, 0.25) is 0 Å². The first-order chi connectivity index (χ1) is 15.0. The van der Waals surface area contributed by atoms with Crippen molar-refractivity contribution in [3.8, 4) is 5.75 Å². The molecule has 2 aliphatic heterocycles. The van der Waals surface area contributed by atoms with Crippen LogP contribution in [0.1, 0.15) is 31.2 Å². The third kappa shape index (κ3) is 4.98. The van der Waals surface area contributed by atoms with Crippen molar-refractivity contribution in [1.29, 1.82) is 0 Å². The fourth-order valence-corrected chi connectivity index (χ4v) is 4.79. The number of anilines is 1. The van der Waals surface area contributed by atoms with Gasteiger partial charge in [-0.1, -0.05) is 0 Å². The SMILES string of the molecule is CN=CC(=CN)c1cc([N+](=O)[O-])c(OC)cc1N1CCC2(CCN(CCF)CC2)CC1. The lowest BCUT2D eigenvalue weighted by Crippen LogP contribution is -2.47. The summed E-state index contributed by atoms with van der Waals surface area (Å²) in [6.45, 7) is 3.84.